The number of carbonyl (C=O) groups is 3. The number of carboxylic acid groups (broad SMARTS) is 1. The fourth-order valence-electron chi connectivity index (χ4n) is 1.73. The van der Waals surface area contributed by atoms with Crippen molar-refractivity contribution in [1.82, 2.24) is 5.32 Å². The molecule has 0 aliphatic carbocycles. The van der Waals surface area contributed by atoms with E-state index in [1.165, 1.54) is 18.2 Å². The maximum Gasteiger partial charge on any atom is 0.410 e. The summed E-state index contributed by atoms with van der Waals surface area (Å²) in [4.78, 5) is 34.4. The van der Waals surface area contributed by atoms with Crippen LogP contribution in [0.15, 0.2) is 18.2 Å². The zero-order valence-corrected chi connectivity index (χ0v) is 14.4. The van der Waals surface area contributed by atoms with Crippen LogP contribution < -0.4 is 5.32 Å². The lowest BCUT2D eigenvalue weighted by atomic mass is 10.1. The third-order valence-corrected chi connectivity index (χ3v) is 3.26. The minimum atomic E-state index is -1.15. The van der Waals surface area contributed by atoms with E-state index in [4.69, 9.17) is 26.2 Å². The molecular weight excluding hydrogens is 338 g/mol. The van der Waals surface area contributed by atoms with Crippen LogP contribution in [0.3, 0.4) is 0 Å². The summed E-state index contributed by atoms with van der Waals surface area (Å²) in [5.41, 5.74) is 0.358. The molecule has 0 aromatic heterocycles. The van der Waals surface area contributed by atoms with Gasteiger partial charge in [0.1, 0.15) is 0 Å². The van der Waals surface area contributed by atoms with Crippen LogP contribution in [0.2, 0.25) is 5.02 Å². The zero-order valence-electron chi connectivity index (χ0n) is 13.7. The SMILES string of the molecule is CCC(=O)O[C@H](OC(=O)NCc1ccc(Cl)cc1C(=O)O)C(C)C. The number of carbonyl (C=O) groups excluding carboxylic acids is 2. The summed E-state index contributed by atoms with van der Waals surface area (Å²) >= 11 is 5.77. The average Bonchev–Trinajstić information content (AvgIpc) is 2.52. The van der Waals surface area contributed by atoms with Crippen LogP contribution in [0, 0.1) is 5.92 Å². The molecule has 7 nitrogen and oxygen atoms in total. The van der Waals surface area contributed by atoms with E-state index in [1.54, 1.807) is 20.8 Å². The third kappa shape index (κ3) is 6.08. The quantitative estimate of drug-likeness (QED) is 0.574. The fourth-order valence-corrected chi connectivity index (χ4v) is 1.90. The number of ether oxygens (including phenoxy) is 2. The van der Waals surface area contributed by atoms with Gasteiger partial charge in [-0.25, -0.2) is 9.59 Å². The minimum absolute atomic E-state index is 0.0133. The smallest absolute Gasteiger partial charge is 0.410 e. The lowest BCUT2D eigenvalue weighted by Crippen LogP contribution is -2.34. The summed E-state index contributed by atoms with van der Waals surface area (Å²) in [5, 5.41) is 11.9. The van der Waals surface area contributed by atoms with Crippen molar-refractivity contribution in [2.75, 3.05) is 0 Å². The van der Waals surface area contributed by atoms with Gasteiger partial charge in [0, 0.05) is 23.9 Å². The van der Waals surface area contributed by atoms with Gasteiger partial charge in [0.2, 0.25) is 0 Å². The summed E-state index contributed by atoms with van der Waals surface area (Å²) < 4.78 is 10.1. The number of amides is 1. The Bertz CT molecular complexity index is 617. The molecule has 1 aromatic rings. The van der Waals surface area contributed by atoms with Crippen LogP contribution >= 0.6 is 11.6 Å². The van der Waals surface area contributed by atoms with Gasteiger partial charge in [0.15, 0.2) is 0 Å². The van der Waals surface area contributed by atoms with Gasteiger partial charge < -0.3 is 19.9 Å². The highest BCUT2D eigenvalue weighted by atomic mass is 35.5. The normalized spacial score (nSPS) is 11.7. The first-order valence-corrected chi connectivity index (χ1v) is 7.78. The highest BCUT2D eigenvalue weighted by Gasteiger charge is 2.22. The highest BCUT2D eigenvalue weighted by molar-refractivity contribution is 6.30. The second kappa shape index (κ2) is 9.12. The van der Waals surface area contributed by atoms with Crippen molar-refractivity contribution in [1.29, 1.82) is 0 Å². The van der Waals surface area contributed by atoms with Crippen LogP contribution in [-0.2, 0) is 20.8 Å². The Morgan fingerprint density at radius 3 is 2.46 bits per heavy atom. The number of aromatic carboxylic acids is 1. The second-order valence-electron chi connectivity index (χ2n) is 5.32. The Morgan fingerprint density at radius 1 is 1.25 bits per heavy atom. The molecule has 132 valence electrons. The molecule has 0 bridgehead atoms. The first-order valence-electron chi connectivity index (χ1n) is 7.40. The molecule has 0 saturated heterocycles. The molecule has 24 heavy (non-hydrogen) atoms. The molecule has 8 heteroatoms. The molecule has 1 aromatic carbocycles. The van der Waals surface area contributed by atoms with Crippen LogP contribution in [0.5, 0.6) is 0 Å². The Labute approximate surface area is 144 Å². The number of halogens is 1. The van der Waals surface area contributed by atoms with E-state index < -0.39 is 24.3 Å². The van der Waals surface area contributed by atoms with Crippen LogP contribution in [0.4, 0.5) is 4.79 Å². The van der Waals surface area contributed by atoms with Crippen molar-refractivity contribution in [3.63, 3.8) is 0 Å². The molecule has 0 aliphatic heterocycles. The second-order valence-corrected chi connectivity index (χ2v) is 5.76. The van der Waals surface area contributed by atoms with Gasteiger partial charge in [-0.3, -0.25) is 4.79 Å². The summed E-state index contributed by atoms with van der Waals surface area (Å²) in [7, 11) is 0. The predicted molar refractivity (Wildman–Crippen MR) is 86.7 cm³/mol. The highest BCUT2D eigenvalue weighted by Crippen LogP contribution is 2.16. The van der Waals surface area contributed by atoms with Gasteiger partial charge >= 0.3 is 18.0 Å². The Morgan fingerprint density at radius 2 is 1.92 bits per heavy atom. The molecule has 0 unspecified atom stereocenters. The van der Waals surface area contributed by atoms with E-state index in [0.29, 0.717) is 5.56 Å². The molecule has 0 radical (unpaired) electrons. The number of nitrogens with one attached hydrogen (secondary N) is 1. The molecule has 1 amide bonds. The first kappa shape index (κ1) is 19.8. The first-order chi connectivity index (χ1) is 11.2. The molecule has 1 atom stereocenters. The minimum Gasteiger partial charge on any atom is -0.478 e. The van der Waals surface area contributed by atoms with Crippen molar-refractivity contribution in [3.8, 4) is 0 Å². The van der Waals surface area contributed by atoms with Crippen LogP contribution in [0.25, 0.3) is 0 Å². The maximum atomic E-state index is 11.9. The topological polar surface area (TPSA) is 102 Å². The zero-order chi connectivity index (χ0) is 18.3. The number of alkyl carbamates (subject to hydrolysis) is 1. The van der Waals surface area contributed by atoms with E-state index in [1.807, 2.05) is 0 Å². The van der Waals surface area contributed by atoms with E-state index >= 15 is 0 Å². The standard InChI is InChI=1S/C16H20ClNO6/c1-4-13(19)23-15(9(2)3)24-16(22)18-8-10-5-6-11(17)7-12(10)14(20)21/h5-7,9,15H,4,8H2,1-3H3,(H,18,22)(H,20,21)/t15-/m1/s1. The van der Waals surface area contributed by atoms with Crippen LogP contribution in [-0.4, -0.2) is 29.4 Å². The number of hydrogen-bond acceptors (Lipinski definition) is 5. The summed E-state index contributed by atoms with van der Waals surface area (Å²) in [6.07, 6.45) is -1.66. The molecule has 0 aliphatic rings. The lowest BCUT2D eigenvalue weighted by molar-refractivity contribution is -0.174. The number of carboxylic acids is 1. The number of esters is 1. The summed E-state index contributed by atoms with van der Waals surface area (Å²) in [6.45, 7) is 5.04. The van der Waals surface area contributed by atoms with E-state index in [2.05, 4.69) is 5.32 Å². The summed E-state index contributed by atoms with van der Waals surface area (Å²) in [6, 6.07) is 4.32. The molecule has 0 fully saturated rings. The predicted octanol–water partition coefficient (Wildman–Crippen LogP) is 3.20. The Hall–Kier alpha value is -2.28. The van der Waals surface area contributed by atoms with E-state index in [9.17, 15) is 14.4 Å². The van der Waals surface area contributed by atoms with Crippen LogP contribution in [0.1, 0.15) is 43.1 Å². The fraction of sp³-hybridized carbons (Fsp3) is 0.438. The number of rotatable bonds is 7. The summed E-state index contributed by atoms with van der Waals surface area (Å²) in [5.74, 6) is -1.86. The van der Waals surface area contributed by atoms with Crippen molar-refractivity contribution in [3.05, 3.63) is 34.3 Å². The molecule has 0 heterocycles. The maximum absolute atomic E-state index is 11.9. The van der Waals surface area contributed by atoms with Gasteiger partial charge in [-0.1, -0.05) is 38.4 Å². The van der Waals surface area contributed by atoms with Gasteiger partial charge in [-0.05, 0) is 17.7 Å². The van der Waals surface area contributed by atoms with Crippen molar-refractivity contribution < 1.29 is 29.0 Å². The van der Waals surface area contributed by atoms with Gasteiger partial charge in [0.25, 0.3) is 6.29 Å². The molecular formula is C16H20ClNO6. The molecule has 2 N–H and O–H groups in total. The lowest BCUT2D eigenvalue weighted by Gasteiger charge is -2.21. The number of hydrogen-bond donors (Lipinski definition) is 2. The Balaban J connectivity index is 2.68. The molecule has 0 spiro atoms. The van der Waals surface area contributed by atoms with E-state index in [0.717, 1.165) is 0 Å². The van der Waals surface area contributed by atoms with Gasteiger partial charge in [-0.15, -0.1) is 0 Å². The molecule has 0 saturated carbocycles. The largest absolute Gasteiger partial charge is 0.478 e. The van der Waals surface area contributed by atoms with Crippen molar-refractivity contribution >= 4 is 29.6 Å². The van der Waals surface area contributed by atoms with Crippen molar-refractivity contribution in [2.24, 2.45) is 5.92 Å². The third-order valence-electron chi connectivity index (χ3n) is 3.03. The molecule has 1 rings (SSSR count). The number of benzene rings is 1. The Kier molecular flexibility index (Phi) is 7.51. The van der Waals surface area contributed by atoms with Gasteiger partial charge in [0.05, 0.1) is 5.56 Å². The van der Waals surface area contributed by atoms with E-state index in [-0.39, 0.29) is 29.5 Å². The average molecular weight is 358 g/mol. The monoisotopic (exact) mass is 357 g/mol. The van der Waals surface area contributed by atoms with Crippen molar-refractivity contribution in [2.45, 2.75) is 40.0 Å². The van der Waals surface area contributed by atoms with Gasteiger partial charge in [-0.2, -0.15) is 0 Å².